The van der Waals surface area contributed by atoms with Crippen molar-refractivity contribution in [3.63, 3.8) is 0 Å². The van der Waals surface area contributed by atoms with Crippen molar-refractivity contribution >= 4 is 17.7 Å². The van der Waals surface area contributed by atoms with E-state index in [4.69, 9.17) is 4.98 Å². The molecule has 1 atom stereocenters. The van der Waals surface area contributed by atoms with Crippen LogP contribution in [0.2, 0.25) is 0 Å². The molecule has 22 heavy (non-hydrogen) atoms. The monoisotopic (exact) mass is 315 g/mol. The third-order valence-corrected chi connectivity index (χ3v) is 5.71. The molecule has 3 rings (SSSR count). The Morgan fingerprint density at radius 2 is 2.05 bits per heavy atom. The Kier molecular flexibility index (Phi) is 4.39. The van der Waals surface area contributed by atoms with Gasteiger partial charge in [0.05, 0.1) is 10.8 Å². The van der Waals surface area contributed by atoms with E-state index in [1.807, 2.05) is 18.7 Å². The number of carbonyl (C=O) groups excluding carboxylic acids is 1. The molecule has 4 nitrogen and oxygen atoms in total. The number of amides is 1. The van der Waals surface area contributed by atoms with Gasteiger partial charge in [-0.25, -0.2) is 4.98 Å². The Morgan fingerprint density at radius 3 is 2.73 bits per heavy atom. The summed E-state index contributed by atoms with van der Waals surface area (Å²) >= 11 is 1.45. The predicted molar refractivity (Wildman–Crippen MR) is 86.8 cm³/mol. The number of hydrogen-bond donors (Lipinski definition) is 0. The summed E-state index contributed by atoms with van der Waals surface area (Å²) in [7, 11) is 0. The quantitative estimate of drug-likeness (QED) is 0.805. The summed E-state index contributed by atoms with van der Waals surface area (Å²) in [6, 6.07) is 2.30. The van der Waals surface area contributed by atoms with Crippen LogP contribution in [0.4, 0.5) is 0 Å². The molecule has 1 amide bonds. The van der Waals surface area contributed by atoms with Gasteiger partial charge in [-0.3, -0.25) is 4.79 Å². The van der Waals surface area contributed by atoms with E-state index in [2.05, 4.69) is 6.07 Å². The first-order valence-electron chi connectivity index (χ1n) is 7.99. The molecule has 1 aliphatic heterocycles. The molecule has 0 aromatic carbocycles. The zero-order chi connectivity index (χ0) is 15.7. The van der Waals surface area contributed by atoms with E-state index < -0.39 is 0 Å². The molecule has 0 saturated carbocycles. The number of likely N-dealkylation sites (tertiary alicyclic amines) is 1. The third kappa shape index (κ3) is 2.72. The van der Waals surface area contributed by atoms with Crippen LogP contribution in [0.3, 0.4) is 0 Å². The van der Waals surface area contributed by atoms with E-state index in [9.17, 15) is 10.1 Å². The van der Waals surface area contributed by atoms with Crippen molar-refractivity contribution in [3.8, 4) is 6.07 Å². The van der Waals surface area contributed by atoms with Crippen LogP contribution < -0.4 is 0 Å². The Morgan fingerprint density at radius 1 is 1.32 bits per heavy atom. The molecule has 1 saturated heterocycles. The maximum atomic E-state index is 12.5. The Hall–Kier alpha value is -1.54. The summed E-state index contributed by atoms with van der Waals surface area (Å²) < 4.78 is 0. The van der Waals surface area contributed by atoms with Crippen molar-refractivity contribution in [1.29, 1.82) is 5.26 Å². The number of nitrogens with zero attached hydrogens (tertiary/aromatic N) is 3. The van der Waals surface area contributed by atoms with Gasteiger partial charge in [0.1, 0.15) is 11.1 Å². The fraction of sp³-hybridized carbons (Fsp3) is 0.588. The minimum absolute atomic E-state index is 0.173. The number of aromatic nitrogens is 1. The Balaban J connectivity index is 1.84. The first-order valence-corrected chi connectivity index (χ1v) is 8.87. The van der Waals surface area contributed by atoms with Crippen molar-refractivity contribution in [1.82, 2.24) is 9.88 Å². The summed E-state index contributed by atoms with van der Waals surface area (Å²) in [5.74, 6) is 0.173. The lowest BCUT2D eigenvalue weighted by Crippen LogP contribution is -2.34. The lowest BCUT2D eigenvalue weighted by molar-refractivity contribution is -0.129. The van der Waals surface area contributed by atoms with Gasteiger partial charge in [-0.15, -0.1) is 0 Å². The van der Waals surface area contributed by atoms with Crippen LogP contribution in [0.15, 0.2) is 5.03 Å². The number of fused-ring (bicyclic) bond motifs is 1. The summed E-state index contributed by atoms with van der Waals surface area (Å²) in [6.45, 7) is 5.68. The fourth-order valence-electron chi connectivity index (χ4n) is 3.37. The van der Waals surface area contributed by atoms with Crippen molar-refractivity contribution < 1.29 is 4.79 Å². The first-order chi connectivity index (χ1) is 10.6. The molecular formula is C17H21N3OS. The summed E-state index contributed by atoms with van der Waals surface area (Å²) in [5, 5.41) is 10.0. The maximum Gasteiger partial charge on any atom is 0.235 e. The van der Waals surface area contributed by atoms with Gasteiger partial charge in [-0.1, -0.05) is 11.8 Å². The summed E-state index contributed by atoms with van der Waals surface area (Å²) in [6.07, 6.45) is 5.33. The lowest BCUT2D eigenvalue weighted by Gasteiger charge is -2.20. The topological polar surface area (TPSA) is 57.0 Å². The number of aryl methyl sites for hydroxylation is 1. The lowest BCUT2D eigenvalue weighted by atomic mass is 10.0. The van der Waals surface area contributed by atoms with Gasteiger partial charge in [0, 0.05) is 18.8 Å². The number of thioether (sulfide) groups is 1. The highest BCUT2D eigenvalue weighted by atomic mass is 32.2. The molecular weight excluding hydrogens is 294 g/mol. The normalized spacial score (nSPS) is 18.1. The molecule has 5 heteroatoms. The van der Waals surface area contributed by atoms with Crippen LogP contribution in [0.25, 0.3) is 0 Å². The number of nitriles is 1. The first kappa shape index (κ1) is 15.4. The van der Waals surface area contributed by atoms with Gasteiger partial charge in [0.25, 0.3) is 0 Å². The van der Waals surface area contributed by atoms with Crippen LogP contribution in [-0.4, -0.2) is 34.1 Å². The number of hydrogen-bond acceptors (Lipinski definition) is 4. The molecule has 1 aromatic heterocycles. The van der Waals surface area contributed by atoms with Crippen molar-refractivity contribution in [2.75, 3.05) is 13.1 Å². The highest BCUT2D eigenvalue weighted by Gasteiger charge is 2.27. The average molecular weight is 315 g/mol. The molecule has 2 heterocycles. The predicted octanol–water partition coefficient (Wildman–Crippen LogP) is 2.85. The van der Waals surface area contributed by atoms with Crippen LogP contribution >= 0.6 is 11.8 Å². The van der Waals surface area contributed by atoms with Crippen LogP contribution in [0.1, 0.15) is 48.6 Å². The number of rotatable bonds is 3. The highest BCUT2D eigenvalue weighted by Crippen LogP contribution is 2.34. The smallest absolute Gasteiger partial charge is 0.235 e. The van der Waals surface area contributed by atoms with Crippen molar-refractivity contribution in [2.24, 2.45) is 0 Å². The zero-order valence-electron chi connectivity index (χ0n) is 13.2. The number of pyridine rings is 1. The molecule has 1 fully saturated rings. The second-order valence-corrected chi connectivity index (χ2v) is 7.43. The van der Waals surface area contributed by atoms with Gasteiger partial charge < -0.3 is 4.90 Å². The average Bonchev–Trinajstić information content (AvgIpc) is 3.18. The largest absolute Gasteiger partial charge is 0.342 e. The standard InChI is InChI=1S/C17H21N3OS/c1-11-13-6-5-7-15(13)19-16(14(11)10-18)22-12(2)17(21)20-8-3-4-9-20/h12H,3-9H2,1-2H3/t12-/m0/s1. The van der Waals surface area contributed by atoms with Crippen molar-refractivity contribution in [3.05, 3.63) is 22.4 Å². The van der Waals surface area contributed by atoms with E-state index in [0.717, 1.165) is 61.5 Å². The second kappa shape index (κ2) is 6.29. The highest BCUT2D eigenvalue weighted by molar-refractivity contribution is 8.00. The Labute approximate surface area is 135 Å². The molecule has 0 radical (unpaired) electrons. The minimum atomic E-state index is -0.184. The SMILES string of the molecule is Cc1c(C#N)c(S[C@@H](C)C(=O)N2CCCC2)nc2c1CCC2. The summed E-state index contributed by atoms with van der Waals surface area (Å²) in [4.78, 5) is 19.1. The van der Waals surface area contributed by atoms with E-state index in [-0.39, 0.29) is 11.2 Å². The molecule has 116 valence electrons. The zero-order valence-corrected chi connectivity index (χ0v) is 14.0. The Bertz CT molecular complexity index is 644. The van der Waals surface area contributed by atoms with E-state index in [1.54, 1.807) is 0 Å². The van der Waals surface area contributed by atoms with Gasteiger partial charge in [-0.2, -0.15) is 5.26 Å². The van der Waals surface area contributed by atoms with Crippen LogP contribution in [-0.2, 0) is 17.6 Å². The second-order valence-electron chi connectivity index (χ2n) is 6.10. The number of carbonyl (C=O) groups is 1. The van der Waals surface area contributed by atoms with E-state index in [1.165, 1.54) is 17.3 Å². The molecule has 2 aliphatic rings. The maximum absolute atomic E-state index is 12.5. The minimum Gasteiger partial charge on any atom is -0.342 e. The van der Waals surface area contributed by atoms with Crippen LogP contribution in [0.5, 0.6) is 0 Å². The molecule has 0 bridgehead atoms. The van der Waals surface area contributed by atoms with Crippen LogP contribution in [0, 0.1) is 18.3 Å². The van der Waals surface area contributed by atoms with Gasteiger partial charge in [0.15, 0.2) is 0 Å². The molecule has 0 N–H and O–H groups in total. The van der Waals surface area contributed by atoms with E-state index in [0.29, 0.717) is 5.56 Å². The molecule has 0 unspecified atom stereocenters. The van der Waals surface area contributed by atoms with Crippen molar-refractivity contribution in [2.45, 2.75) is 56.2 Å². The van der Waals surface area contributed by atoms with Gasteiger partial charge in [0.2, 0.25) is 5.91 Å². The molecule has 1 aromatic rings. The molecule has 1 aliphatic carbocycles. The third-order valence-electron chi connectivity index (χ3n) is 4.63. The van der Waals surface area contributed by atoms with E-state index >= 15 is 0 Å². The van der Waals surface area contributed by atoms with Gasteiger partial charge >= 0.3 is 0 Å². The van der Waals surface area contributed by atoms with Gasteiger partial charge in [-0.05, 0) is 57.1 Å². The summed E-state index contributed by atoms with van der Waals surface area (Å²) in [5.41, 5.74) is 4.10. The fourth-order valence-corrected chi connectivity index (χ4v) is 4.44. The molecule has 0 spiro atoms.